The third kappa shape index (κ3) is 8.30. The molecule has 0 fully saturated rings. The lowest BCUT2D eigenvalue weighted by molar-refractivity contribution is 0.507. The van der Waals surface area contributed by atoms with Crippen molar-refractivity contribution in [3.05, 3.63) is 191 Å². The first-order valence-electron chi connectivity index (χ1n) is 18.3. The number of hydrogen-bond donors (Lipinski definition) is 3. The minimum absolute atomic E-state index is 0.786. The van der Waals surface area contributed by atoms with Crippen LogP contribution >= 0.6 is 0 Å². The number of allylic oxidation sites excluding steroid dienone is 9. The van der Waals surface area contributed by atoms with Gasteiger partial charge >= 0.3 is 0 Å². The van der Waals surface area contributed by atoms with Gasteiger partial charge in [-0.05, 0) is 160 Å². The van der Waals surface area contributed by atoms with E-state index in [0.717, 1.165) is 32.5 Å². The highest BCUT2D eigenvalue weighted by molar-refractivity contribution is 5.89. The van der Waals surface area contributed by atoms with Crippen LogP contribution in [0.1, 0.15) is 46.7 Å². The molecule has 4 N–H and O–H groups in total. The van der Waals surface area contributed by atoms with Gasteiger partial charge in [0.25, 0.3) is 0 Å². The van der Waals surface area contributed by atoms with Crippen molar-refractivity contribution in [2.24, 2.45) is 5.73 Å². The Morgan fingerprint density at radius 1 is 0.769 bits per heavy atom. The van der Waals surface area contributed by atoms with Crippen LogP contribution in [-0.2, 0) is 6.42 Å². The highest BCUT2D eigenvalue weighted by atomic mass is 15.1. The number of nitrogens with zero attached hydrogens (tertiary/aromatic N) is 1. The molecule has 0 amide bonds. The number of dihydropyridines is 2. The van der Waals surface area contributed by atoms with E-state index < -0.39 is 0 Å². The van der Waals surface area contributed by atoms with Gasteiger partial charge in [-0.25, -0.2) is 0 Å². The minimum Gasteiger partial charge on any atom is -0.405 e. The first kappa shape index (κ1) is 34.4. The van der Waals surface area contributed by atoms with Crippen LogP contribution in [0.4, 0.5) is 0 Å². The van der Waals surface area contributed by atoms with Gasteiger partial charge in [0.05, 0.1) is 0 Å². The molecular weight excluding hydrogens is 633 g/mol. The Morgan fingerprint density at radius 2 is 1.46 bits per heavy atom. The maximum Gasteiger partial charge on any atom is 0.0401 e. The molecule has 4 aromatic rings. The fourth-order valence-electron chi connectivity index (χ4n) is 7.14. The van der Waals surface area contributed by atoms with Gasteiger partial charge in [0.1, 0.15) is 0 Å². The zero-order valence-corrected chi connectivity index (χ0v) is 30.5. The largest absolute Gasteiger partial charge is 0.405 e. The van der Waals surface area contributed by atoms with Gasteiger partial charge < -0.3 is 21.3 Å². The van der Waals surface area contributed by atoms with Crippen molar-refractivity contribution in [2.75, 3.05) is 26.7 Å². The second kappa shape index (κ2) is 15.9. The van der Waals surface area contributed by atoms with Gasteiger partial charge in [-0.15, -0.1) is 0 Å². The predicted molar refractivity (Wildman–Crippen MR) is 223 cm³/mol. The zero-order valence-electron chi connectivity index (χ0n) is 30.5. The van der Waals surface area contributed by atoms with Crippen molar-refractivity contribution in [1.29, 1.82) is 0 Å². The van der Waals surface area contributed by atoms with Gasteiger partial charge in [-0.3, -0.25) is 0 Å². The Balaban J connectivity index is 1.18. The Kier molecular flexibility index (Phi) is 10.5. The quantitative estimate of drug-likeness (QED) is 0.146. The van der Waals surface area contributed by atoms with Crippen LogP contribution in [0.15, 0.2) is 158 Å². The van der Waals surface area contributed by atoms with E-state index in [-0.39, 0.29) is 0 Å². The first-order valence-corrected chi connectivity index (χ1v) is 18.3. The van der Waals surface area contributed by atoms with E-state index in [1.807, 2.05) is 12.3 Å². The summed E-state index contributed by atoms with van der Waals surface area (Å²) in [5.74, 6) is 0. The molecule has 3 aliphatic rings. The van der Waals surface area contributed by atoms with Crippen molar-refractivity contribution in [3.8, 4) is 22.3 Å². The minimum atomic E-state index is 0.786. The molecule has 7 rings (SSSR count). The van der Waals surface area contributed by atoms with E-state index in [0.29, 0.717) is 0 Å². The van der Waals surface area contributed by atoms with Crippen LogP contribution in [0, 0.1) is 6.92 Å². The van der Waals surface area contributed by atoms with Crippen LogP contribution < -0.4 is 16.4 Å². The lowest BCUT2D eigenvalue weighted by Gasteiger charge is -2.20. The van der Waals surface area contributed by atoms with E-state index in [4.69, 9.17) is 5.73 Å². The van der Waals surface area contributed by atoms with Crippen LogP contribution in [0.25, 0.3) is 44.5 Å². The molecule has 3 heterocycles. The molecule has 0 saturated heterocycles. The molecule has 0 unspecified atom stereocenters. The smallest absolute Gasteiger partial charge is 0.0401 e. The molecule has 0 saturated carbocycles. The third-order valence-electron chi connectivity index (χ3n) is 9.90. The van der Waals surface area contributed by atoms with Crippen molar-refractivity contribution in [2.45, 2.75) is 26.7 Å². The highest BCUT2D eigenvalue weighted by Gasteiger charge is 2.14. The van der Waals surface area contributed by atoms with E-state index in [1.54, 1.807) is 6.20 Å². The van der Waals surface area contributed by atoms with Gasteiger partial charge in [0.15, 0.2) is 0 Å². The summed E-state index contributed by atoms with van der Waals surface area (Å²) in [6.07, 6.45) is 25.1. The van der Waals surface area contributed by atoms with Gasteiger partial charge in [-0.1, -0.05) is 90.5 Å². The Hall–Kier alpha value is -6.00. The second-order valence-electron chi connectivity index (χ2n) is 14.1. The van der Waals surface area contributed by atoms with Crippen molar-refractivity contribution < 1.29 is 0 Å². The summed E-state index contributed by atoms with van der Waals surface area (Å²) in [6, 6.07) is 31.9. The maximum atomic E-state index is 5.59. The van der Waals surface area contributed by atoms with Gasteiger partial charge in [0, 0.05) is 39.1 Å². The molecule has 0 aliphatic carbocycles. The monoisotopic (exact) mass is 680 g/mol. The molecule has 0 atom stereocenters. The van der Waals surface area contributed by atoms with E-state index in [1.165, 1.54) is 83.5 Å². The lowest BCUT2D eigenvalue weighted by atomic mass is 9.90. The lowest BCUT2D eigenvalue weighted by Crippen LogP contribution is -2.14. The topological polar surface area (TPSA) is 53.3 Å². The Bertz CT molecular complexity index is 2220. The summed E-state index contributed by atoms with van der Waals surface area (Å²) >= 11 is 0. The summed E-state index contributed by atoms with van der Waals surface area (Å²) in [5, 5.41) is 6.93. The summed E-state index contributed by atoms with van der Waals surface area (Å²) in [6.45, 7) is 6.92. The van der Waals surface area contributed by atoms with E-state index >= 15 is 0 Å². The molecule has 0 bridgehead atoms. The number of hydrogen-bond acceptors (Lipinski definition) is 4. The number of rotatable bonds is 10. The normalized spacial score (nSPS) is 15.8. The average Bonchev–Trinajstić information content (AvgIpc) is 3.19. The molecule has 260 valence electrons. The Labute approximate surface area is 309 Å². The summed E-state index contributed by atoms with van der Waals surface area (Å²) in [4.78, 5) is 2.24. The molecule has 3 aliphatic heterocycles. The third-order valence-corrected chi connectivity index (χ3v) is 9.90. The molecule has 0 spiro atoms. The highest BCUT2D eigenvalue weighted by Crippen LogP contribution is 2.34. The molecule has 4 heteroatoms. The number of nitrogens with two attached hydrogens (primary N) is 1. The average molecular weight is 681 g/mol. The maximum absolute atomic E-state index is 5.59. The fourth-order valence-corrected chi connectivity index (χ4v) is 7.14. The Morgan fingerprint density at radius 3 is 2.25 bits per heavy atom. The molecule has 0 radical (unpaired) electrons. The number of aryl methyl sites for hydroxylation is 2. The number of nitrogens with one attached hydrogen (secondary N) is 2. The van der Waals surface area contributed by atoms with Gasteiger partial charge in [0.2, 0.25) is 0 Å². The first-order chi connectivity index (χ1) is 25.4. The van der Waals surface area contributed by atoms with E-state index in [9.17, 15) is 0 Å². The SMILES string of the molecule is C/C(=C/C=C\N)CCc1cc(C2=CN(C)CC=C2)cc(-c2cccc(C3=CNCC(c4cccc(-c5cc(C)cc(C6=CC=CNC6)c5)c4)=C3)c2)c1. The molecular formula is C48H48N4. The molecule has 52 heavy (non-hydrogen) atoms. The van der Waals surface area contributed by atoms with E-state index in [2.05, 4.69) is 170 Å². The van der Waals surface area contributed by atoms with Crippen LogP contribution in [0.5, 0.6) is 0 Å². The predicted octanol–water partition coefficient (Wildman–Crippen LogP) is 10.1. The van der Waals surface area contributed by atoms with Crippen molar-refractivity contribution >= 4 is 22.3 Å². The van der Waals surface area contributed by atoms with Gasteiger partial charge in [-0.2, -0.15) is 0 Å². The van der Waals surface area contributed by atoms with Crippen molar-refractivity contribution in [1.82, 2.24) is 15.5 Å². The van der Waals surface area contributed by atoms with Crippen LogP contribution in [0.3, 0.4) is 0 Å². The van der Waals surface area contributed by atoms with Crippen molar-refractivity contribution in [3.63, 3.8) is 0 Å². The second-order valence-corrected chi connectivity index (χ2v) is 14.1. The molecule has 0 aromatic heterocycles. The molecule has 4 aromatic carbocycles. The standard InChI is InChI=1S/C48H48N4/c1-34(9-6-18-49)16-17-36-23-45(28-46(24-36)42-15-8-20-52(3)33-42)38-11-5-13-40(26-38)48-29-47(31-51-32-48)39-12-4-10-37(25-39)43-21-35(2)22-44(27-43)41-14-7-19-50-30-41/h4-15,18-19,21-29,32-33,50-51H,16-17,20,30-31,49H2,1-3H3/b18-6-,34-9-. The van der Waals surface area contributed by atoms with Crippen LogP contribution in [-0.4, -0.2) is 31.6 Å². The fraction of sp³-hybridized carbons (Fsp3) is 0.167. The number of benzene rings is 4. The summed E-state index contributed by atoms with van der Waals surface area (Å²) < 4.78 is 0. The number of likely N-dealkylation sites (N-methyl/N-ethyl adjacent to an activating group) is 1. The zero-order chi connectivity index (χ0) is 35.9. The summed E-state index contributed by atoms with van der Waals surface area (Å²) in [7, 11) is 2.13. The van der Waals surface area contributed by atoms with Crippen LogP contribution in [0.2, 0.25) is 0 Å². The summed E-state index contributed by atoms with van der Waals surface area (Å²) in [5.41, 5.74) is 24.4. The molecule has 4 nitrogen and oxygen atoms in total.